The fourth-order valence-electron chi connectivity index (χ4n) is 1.88. The molecule has 2 rings (SSSR count). The van der Waals surface area contributed by atoms with Gasteiger partial charge < -0.3 is 0 Å². The molecule has 0 bridgehead atoms. The van der Waals surface area contributed by atoms with Gasteiger partial charge in [-0.15, -0.1) is 0 Å². The number of ketones is 1. The maximum absolute atomic E-state index is 12.4. The van der Waals surface area contributed by atoms with Crippen LogP contribution in [0.3, 0.4) is 0 Å². The second kappa shape index (κ2) is 5.77. The molecule has 0 radical (unpaired) electrons. The molecule has 1 unspecified atom stereocenters. The van der Waals surface area contributed by atoms with Crippen molar-refractivity contribution < 1.29 is 4.79 Å². The predicted octanol–water partition coefficient (Wildman–Crippen LogP) is 3.64. The second-order valence-electron chi connectivity index (χ2n) is 4.23. The van der Waals surface area contributed by atoms with Crippen molar-refractivity contribution in [3.8, 4) is 6.07 Å². The van der Waals surface area contributed by atoms with Gasteiger partial charge in [0.2, 0.25) is 0 Å². The Morgan fingerprint density at radius 1 is 1.42 bits per heavy atom. The summed E-state index contributed by atoms with van der Waals surface area (Å²) in [6.07, 6.45) is 3.17. The molecule has 1 aromatic carbocycles. The van der Waals surface area contributed by atoms with Gasteiger partial charge in [0, 0.05) is 22.4 Å². The molecular weight excluding hydrogens is 304 g/mol. The molecule has 1 heterocycles. The molecule has 0 saturated heterocycles. The first-order valence-electron chi connectivity index (χ1n) is 5.73. The first-order valence-corrected chi connectivity index (χ1v) is 6.52. The monoisotopic (exact) mass is 314 g/mol. The van der Waals surface area contributed by atoms with E-state index in [9.17, 15) is 10.1 Å². The SMILES string of the molecule is Cc1cc(Br)cc(C(=O)C(C#N)c2cccnc2)c1. The highest BCUT2D eigenvalue weighted by molar-refractivity contribution is 9.10. The fourth-order valence-corrected chi connectivity index (χ4v) is 2.48. The molecule has 0 N–H and O–H groups in total. The highest BCUT2D eigenvalue weighted by Gasteiger charge is 2.22. The molecule has 0 saturated carbocycles. The molecule has 4 heteroatoms. The van der Waals surface area contributed by atoms with Crippen LogP contribution in [0.5, 0.6) is 0 Å². The summed E-state index contributed by atoms with van der Waals surface area (Å²) in [6, 6.07) is 10.9. The van der Waals surface area contributed by atoms with Gasteiger partial charge in [0.05, 0.1) is 6.07 Å². The van der Waals surface area contributed by atoms with Crippen LogP contribution in [0.4, 0.5) is 0 Å². The average molecular weight is 315 g/mol. The number of aromatic nitrogens is 1. The zero-order chi connectivity index (χ0) is 13.8. The molecular formula is C15H11BrN2O. The summed E-state index contributed by atoms with van der Waals surface area (Å²) < 4.78 is 0.832. The third-order valence-electron chi connectivity index (χ3n) is 2.74. The summed E-state index contributed by atoms with van der Waals surface area (Å²) in [6.45, 7) is 1.91. The van der Waals surface area contributed by atoms with E-state index in [1.165, 1.54) is 0 Å². The van der Waals surface area contributed by atoms with Gasteiger partial charge in [0.1, 0.15) is 5.92 Å². The van der Waals surface area contributed by atoms with E-state index in [1.54, 1.807) is 36.7 Å². The van der Waals surface area contributed by atoms with E-state index in [0.29, 0.717) is 11.1 Å². The molecule has 3 nitrogen and oxygen atoms in total. The molecule has 94 valence electrons. The number of carbonyl (C=O) groups is 1. The lowest BCUT2D eigenvalue weighted by molar-refractivity contribution is 0.0978. The fraction of sp³-hybridized carbons (Fsp3) is 0.133. The van der Waals surface area contributed by atoms with Crippen LogP contribution in [0.2, 0.25) is 0 Å². The largest absolute Gasteiger partial charge is 0.292 e. The Bertz CT molecular complexity index is 627. The molecule has 0 amide bonds. The maximum Gasteiger partial charge on any atom is 0.184 e. The number of aryl methyl sites for hydroxylation is 1. The highest BCUT2D eigenvalue weighted by Crippen LogP contribution is 2.23. The van der Waals surface area contributed by atoms with Gasteiger partial charge in [0.15, 0.2) is 5.78 Å². The maximum atomic E-state index is 12.4. The summed E-state index contributed by atoms with van der Waals surface area (Å²) in [7, 11) is 0. The number of hydrogen-bond acceptors (Lipinski definition) is 3. The van der Waals surface area contributed by atoms with E-state index in [4.69, 9.17) is 0 Å². The van der Waals surface area contributed by atoms with E-state index in [-0.39, 0.29) is 5.78 Å². The minimum absolute atomic E-state index is 0.208. The van der Waals surface area contributed by atoms with Crippen LogP contribution in [0.1, 0.15) is 27.4 Å². The molecule has 19 heavy (non-hydrogen) atoms. The molecule has 1 aromatic heterocycles. The Morgan fingerprint density at radius 3 is 2.79 bits per heavy atom. The van der Waals surface area contributed by atoms with Crippen molar-refractivity contribution in [2.75, 3.05) is 0 Å². The van der Waals surface area contributed by atoms with Crippen molar-refractivity contribution in [3.05, 3.63) is 63.9 Å². The Labute approximate surface area is 120 Å². The summed E-state index contributed by atoms with van der Waals surface area (Å²) in [5.41, 5.74) is 2.12. The van der Waals surface area contributed by atoms with E-state index in [1.807, 2.05) is 13.0 Å². The van der Waals surface area contributed by atoms with Crippen molar-refractivity contribution >= 4 is 21.7 Å². The number of pyridine rings is 1. The van der Waals surface area contributed by atoms with Crippen molar-refractivity contribution in [2.24, 2.45) is 0 Å². The van der Waals surface area contributed by atoms with E-state index in [0.717, 1.165) is 10.0 Å². The van der Waals surface area contributed by atoms with Crippen LogP contribution in [-0.4, -0.2) is 10.8 Å². The zero-order valence-electron chi connectivity index (χ0n) is 10.3. The van der Waals surface area contributed by atoms with Crippen LogP contribution in [-0.2, 0) is 0 Å². The van der Waals surface area contributed by atoms with Crippen LogP contribution in [0, 0.1) is 18.3 Å². The summed E-state index contributed by atoms with van der Waals surface area (Å²) >= 11 is 3.36. The number of Topliss-reactive ketones (excluding diaryl/α,β-unsaturated/α-hetero) is 1. The smallest absolute Gasteiger partial charge is 0.184 e. The number of halogens is 1. The molecule has 0 spiro atoms. The molecule has 1 atom stereocenters. The Morgan fingerprint density at radius 2 is 2.21 bits per heavy atom. The summed E-state index contributed by atoms with van der Waals surface area (Å²) in [5.74, 6) is -1.03. The van der Waals surface area contributed by atoms with E-state index >= 15 is 0 Å². The van der Waals surface area contributed by atoms with Gasteiger partial charge in [-0.3, -0.25) is 9.78 Å². The zero-order valence-corrected chi connectivity index (χ0v) is 11.9. The van der Waals surface area contributed by atoms with Crippen molar-refractivity contribution in [2.45, 2.75) is 12.8 Å². The lowest BCUT2D eigenvalue weighted by Crippen LogP contribution is -2.11. The number of benzene rings is 1. The van der Waals surface area contributed by atoms with Crippen molar-refractivity contribution in [1.29, 1.82) is 5.26 Å². The average Bonchev–Trinajstić information content (AvgIpc) is 2.39. The topological polar surface area (TPSA) is 53.8 Å². The Kier molecular flexibility index (Phi) is 4.08. The van der Waals surface area contributed by atoms with Crippen LogP contribution in [0.25, 0.3) is 0 Å². The minimum atomic E-state index is -0.817. The molecule has 0 fully saturated rings. The number of hydrogen-bond donors (Lipinski definition) is 0. The minimum Gasteiger partial charge on any atom is -0.292 e. The van der Waals surface area contributed by atoms with Crippen molar-refractivity contribution in [1.82, 2.24) is 4.98 Å². The van der Waals surface area contributed by atoms with Gasteiger partial charge in [-0.2, -0.15) is 5.26 Å². The molecule has 0 aliphatic heterocycles. The number of nitriles is 1. The molecule has 0 aliphatic carbocycles. The van der Waals surface area contributed by atoms with Gasteiger partial charge in [-0.05, 0) is 42.3 Å². The summed E-state index contributed by atoms with van der Waals surface area (Å²) in [4.78, 5) is 16.4. The predicted molar refractivity (Wildman–Crippen MR) is 75.8 cm³/mol. The van der Waals surface area contributed by atoms with E-state index in [2.05, 4.69) is 27.0 Å². The van der Waals surface area contributed by atoms with Gasteiger partial charge in [-0.1, -0.05) is 22.0 Å². The van der Waals surface area contributed by atoms with Gasteiger partial charge in [-0.25, -0.2) is 0 Å². The third kappa shape index (κ3) is 3.07. The van der Waals surface area contributed by atoms with Crippen LogP contribution < -0.4 is 0 Å². The first kappa shape index (κ1) is 13.4. The Balaban J connectivity index is 2.40. The number of rotatable bonds is 3. The van der Waals surface area contributed by atoms with Crippen LogP contribution >= 0.6 is 15.9 Å². The van der Waals surface area contributed by atoms with Gasteiger partial charge in [0.25, 0.3) is 0 Å². The quantitative estimate of drug-likeness (QED) is 0.813. The Hall–Kier alpha value is -1.99. The third-order valence-corrected chi connectivity index (χ3v) is 3.19. The molecule has 0 aliphatic rings. The number of carbonyl (C=O) groups excluding carboxylic acids is 1. The second-order valence-corrected chi connectivity index (χ2v) is 5.15. The standard InChI is InChI=1S/C15H11BrN2O/c1-10-5-12(7-13(16)6-10)15(19)14(8-17)11-3-2-4-18-9-11/h2-7,9,14H,1H3. The summed E-state index contributed by atoms with van der Waals surface area (Å²) in [5, 5.41) is 9.24. The first-order chi connectivity index (χ1) is 9.11. The highest BCUT2D eigenvalue weighted by atomic mass is 79.9. The molecule has 2 aromatic rings. The van der Waals surface area contributed by atoms with Crippen LogP contribution in [0.15, 0.2) is 47.2 Å². The normalized spacial score (nSPS) is 11.6. The van der Waals surface area contributed by atoms with Crippen molar-refractivity contribution in [3.63, 3.8) is 0 Å². The van der Waals surface area contributed by atoms with E-state index < -0.39 is 5.92 Å². The lowest BCUT2D eigenvalue weighted by Gasteiger charge is -2.09. The van der Waals surface area contributed by atoms with Gasteiger partial charge >= 0.3 is 0 Å². The number of nitrogens with zero attached hydrogens (tertiary/aromatic N) is 2. The lowest BCUT2D eigenvalue weighted by atomic mass is 9.92.